The van der Waals surface area contributed by atoms with Crippen LogP contribution in [0.15, 0.2) is 41.3 Å². The van der Waals surface area contributed by atoms with Crippen LogP contribution in [0.25, 0.3) is 10.8 Å². The van der Waals surface area contributed by atoms with Crippen LogP contribution in [-0.4, -0.2) is 46.5 Å². The molecule has 6 heteroatoms. The standard InChI is InChI=1S/C18H21N3O2S/c1-4-21-12-11-14(13-21)19-24(22,23)18-10-6-7-15-16(18)8-5-9-17(15)20(2)3/h1,5-10,14,19H,11-13H2,2-3H3. The number of hydrogen-bond donors (Lipinski definition) is 1. The number of nitrogens with one attached hydrogen (secondary N) is 1. The summed E-state index contributed by atoms with van der Waals surface area (Å²) in [5.74, 6) is 0. The molecule has 5 nitrogen and oxygen atoms in total. The summed E-state index contributed by atoms with van der Waals surface area (Å²) in [5, 5.41) is 1.64. The van der Waals surface area contributed by atoms with Gasteiger partial charge in [-0.1, -0.05) is 30.7 Å². The molecule has 1 heterocycles. The monoisotopic (exact) mass is 343 g/mol. The maximum Gasteiger partial charge on any atom is 0.241 e. The molecule has 24 heavy (non-hydrogen) atoms. The lowest BCUT2D eigenvalue weighted by Gasteiger charge is -2.18. The van der Waals surface area contributed by atoms with Gasteiger partial charge in [0.2, 0.25) is 10.0 Å². The number of rotatable bonds is 4. The first kappa shape index (κ1) is 16.6. The fourth-order valence-corrected chi connectivity index (χ4v) is 4.63. The Morgan fingerprint density at radius 2 is 1.92 bits per heavy atom. The molecule has 126 valence electrons. The van der Waals surface area contributed by atoms with Gasteiger partial charge in [0.15, 0.2) is 0 Å². The predicted octanol–water partition coefficient (Wildman–Crippen LogP) is 1.85. The molecule has 0 amide bonds. The van der Waals surface area contributed by atoms with Crippen molar-refractivity contribution in [3.8, 4) is 12.5 Å². The Kier molecular flexibility index (Phi) is 4.39. The first-order valence-electron chi connectivity index (χ1n) is 7.85. The van der Waals surface area contributed by atoms with E-state index in [1.54, 1.807) is 17.0 Å². The highest BCUT2D eigenvalue weighted by Gasteiger charge is 2.27. The largest absolute Gasteiger partial charge is 0.377 e. The minimum Gasteiger partial charge on any atom is -0.377 e. The molecule has 1 saturated heterocycles. The maximum atomic E-state index is 12.9. The van der Waals surface area contributed by atoms with Gasteiger partial charge >= 0.3 is 0 Å². The SMILES string of the molecule is C#CN1CCC(NS(=O)(=O)c2cccc3c(N(C)C)cccc23)C1. The van der Waals surface area contributed by atoms with E-state index in [0.29, 0.717) is 18.0 Å². The van der Waals surface area contributed by atoms with Crippen molar-refractivity contribution in [1.82, 2.24) is 9.62 Å². The van der Waals surface area contributed by atoms with Gasteiger partial charge in [-0.3, -0.25) is 0 Å². The zero-order valence-electron chi connectivity index (χ0n) is 13.9. The van der Waals surface area contributed by atoms with Crippen LogP contribution in [0.2, 0.25) is 0 Å². The summed E-state index contributed by atoms with van der Waals surface area (Å²) in [7, 11) is 0.283. The van der Waals surface area contributed by atoms with Crippen LogP contribution >= 0.6 is 0 Å². The molecule has 0 spiro atoms. The Hall–Kier alpha value is -2.23. The molecule has 0 aromatic heterocycles. The predicted molar refractivity (Wildman–Crippen MR) is 97.4 cm³/mol. The highest BCUT2D eigenvalue weighted by molar-refractivity contribution is 7.89. The van der Waals surface area contributed by atoms with Gasteiger partial charge in [-0.15, -0.1) is 0 Å². The third-order valence-electron chi connectivity index (χ3n) is 4.32. The van der Waals surface area contributed by atoms with E-state index in [-0.39, 0.29) is 6.04 Å². The van der Waals surface area contributed by atoms with E-state index in [1.807, 2.05) is 43.3 Å². The zero-order chi connectivity index (χ0) is 17.3. The minimum absolute atomic E-state index is 0.154. The van der Waals surface area contributed by atoms with Crippen LogP contribution in [0.4, 0.5) is 5.69 Å². The highest BCUT2D eigenvalue weighted by Crippen LogP contribution is 2.30. The number of benzene rings is 2. The number of sulfonamides is 1. The number of likely N-dealkylation sites (tertiary alicyclic amines) is 1. The van der Waals surface area contributed by atoms with Gasteiger partial charge in [0.1, 0.15) is 0 Å². The summed E-state index contributed by atoms with van der Waals surface area (Å²) >= 11 is 0. The van der Waals surface area contributed by atoms with E-state index in [0.717, 1.165) is 22.9 Å². The summed E-state index contributed by atoms with van der Waals surface area (Å²) in [6, 6.07) is 13.5. The van der Waals surface area contributed by atoms with Crippen molar-refractivity contribution in [2.45, 2.75) is 17.4 Å². The number of hydrogen-bond acceptors (Lipinski definition) is 4. The fraction of sp³-hybridized carbons (Fsp3) is 0.333. The maximum absolute atomic E-state index is 12.9. The third kappa shape index (κ3) is 3.05. The van der Waals surface area contributed by atoms with Crippen molar-refractivity contribution < 1.29 is 8.42 Å². The van der Waals surface area contributed by atoms with Crippen LogP contribution in [-0.2, 0) is 10.0 Å². The molecule has 1 aliphatic rings. The Bertz CT molecular complexity index is 900. The van der Waals surface area contributed by atoms with Gasteiger partial charge in [0.25, 0.3) is 0 Å². The molecule has 1 aliphatic heterocycles. The fourth-order valence-electron chi connectivity index (χ4n) is 3.15. The quantitative estimate of drug-likeness (QED) is 0.861. The van der Waals surface area contributed by atoms with Crippen molar-refractivity contribution in [2.24, 2.45) is 0 Å². The lowest BCUT2D eigenvalue weighted by molar-refractivity contribution is 0.478. The second kappa shape index (κ2) is 6.34. The average Bonchev–Trinajstić information content (AvgIpc) is 3.00. The van der Waals surface area contributed by atoms with Crippen molar-refractivity contribution in [2.75, 3.05) is 32.1 Å². The Labute approximate surface area is 143 Å². The molecule has 0 aliphatic carbocycles. The second-order valence-electron chi connectivity index (χ2n) is 6.20. The van der Waals surface area contributed by atoms with E-state index < -0.39 is 10.0 Å². The van der Waals surface area contributed by atoms with E-state index in [1.165, 1.54) is 0 Å². The number of fused-ring (bicyclic) bond motifs is 1. The molecule has 2 aromatic carbocycles. The Morgan fingerprint density at radius 3 is 2.58 bits per heavy atom. The first-order valence-corrected chi connectivity index (χ1v) is 9.33. The summed E-state index contributed by atoms with van der Waals surface area (Å²) in [4.78, 5) is 4.08. The summed E-state index contributed by atoms with van der Waals surface area (Å²) in [5.41, 5.74) is 0.990. The molecular formula is C18H21N3O2S. The lowest BCUT2D eigenvalue weighted by Crippen LogP contribution is -2.36. The van der Waals surface area contributed by atoms with Crippen LogP contribution in [0.3, 0.4) is 0 Å². The number of terminal acetylenes is 1. The molecule has 3 rings (SSSR count). The Morgan fingerprint density at radius 1 is 1.21 bits per heavy atom. The van der Waals surface area contributed by atoms with Crippen LogP contribution in [0.1, 0.15) is 6.42 Å². The number of nitrogens with zero attached hydrogens (tertiary/aromatic N) is 2. The molecule has 0 radical (unpaired) electrons. The van der Waals surface area contributed by atoms with E-state index in [9.17, 15) is 8.42 Å². The molecule has 0 saturated carbocycles. The average molecular weight is 343 g/mol. The van der Waals surface area contributed by atoms with Gasteiger partial charge in [0.05, 0.1) is 4.90 Å². The second-order valence-corrected chi connectivity index (χ2v) is 7.89. The third-order valence-corrected chi connectivity index (χ3v) is 5.90. The normalized spacial score (nSPS) is 17.9. The van der Waals surface area contributed by atoms with Gasteiger partial charge in [0, 0.05) is 55.7 Å². The minimum atomic E-state index is -3.61. The van der Waals surface area contributed by atoms with E-state index >= 15 is 0 Å². The van der Waals surface area contributed by atoms with Crippen LogP contribution < -0.4 is 9.62 Å². The highest BCUT2D eigenvalue weighted by atomic mass is 32.2. The summed E-state index contributed by atoms with van der Waals surface area (Å²) < 4.78 is 28.6. The Balaban J connectivity index is 2.00. The zero-order valence-corrected chi connectivity index (χ0v) is 14.7. The van der Waals surface area contributed by atoms with Crippen molar-refractivity contribution in [3.05, 3.63) is 36.4 Å². The van der Waals surface area contributed by atoms with Gasteiger partial charge in [-0.05, 0) is 18.6 Å². The van der Waals surface area contributed by atoms with Crippen LogP contribution in [0, 0.1) is 12.5 Å². The van der Waals surface area contributed by atoms with Crippen molar-refractivity contribution >= 4 is 26.5 Å². The molecule has 1 fully saturated rings. The van der Waals surface area contributed by atoms with Gasteiger partial charge in [-0.2, -0.15) is 0 Å². The first-order chi connectivity index (χ1) is 11.4. The van der Waals surface area contributed by atoms with Gasteiger partial charge < -0.3 is 9.80 Å². The van der Waals surface area contributed by atoms with Crippen LogP contribution in [0.5, 0.6) is 0 Å². The van der Waals surface area contributed by atoms with E-state index in [4.69, 9.17) is 6.42 Å². The molecule has 0 bridgehead atoms. The summed E-state index contributed by atoms with van der Waals surface area (Å²) in [6.45, 7) is 1.26. The van der Waals surface area contributed by atoms with Crippen molar-refractivity contribution in [3.63, 3.8) is 0 Å². The van der Waals surface area contributed by atoms with E-state index in [2.05, 4.69) is 10.8 Å². The number of anilines is 1. The van der Waals surface area contributed by atoms with Gasteiger partial charge in [-0.25, -0.2) is 13.1 Å². The molecular weight excluding hydrogens is 322 g/mol. The molecule has 1 atom stereocenters. The molecule has 1 N–H and O–H groups in total. The lowest BCUT2D eigenvalue weighted by atomic mass is 10.1. The topological polar surface area (TPSA) is 52.7 Å². The molecule has 2 aromatic rings. The molecule has 1 unspecified atom stereocenters. The smallest absolute Gasteiger partial charge is 0.241 e. The van der Waals surface area contributed by atoms with Crippen molar-refractivity contribution in [1.29, 1.82) is 0 Å². The summed E-state index contributed by atoms with van der Waals surface area (Å²) in [6.07, 6.45) is 6.10.